The van der Waals surface area contributed by atoms with Crippen LogP contribution >= 0.6 is 0 Å². The molecule has 0 saturated carbocycles. The van der Waals surface area contributed by atoms with Crippen LogP contribution in [0.4, 0.5) is 9.59 Å². The van der Waals surface area contributed by atoms with Gasteiger partial charge >= 0.3 is 24.2 Å². The van der Waals surface area contributed by atoms with E-state index in [4.69, 9.17) is 0 Å². The van der Waals surface area contributed by atoms with Crippen molar-refractivity contribution in [3.8, 4) is 0 Å². The molecule has 2 aromatic rings. The molecule has 236 valence electrons. The molecular weight excluding hydrogens is 564 g/mol. The minimum atomic E-state index is -1.28. The van der Waals surface area contributed by atoms with Crippen molar-refractivity contribution in [2.75, 3.05) is 13.2 Å². The third kappa shape index (κ3) is 15.6. The number of hydrogen-bond donors (Lipinski definition) is 0. The molecule has 2 aromatic carbocycles. The largest absolute Gasteiger partial charge is 0.543 e. The second-order valence-electron chi connectivity index (χ2n) is 9.61. The van der Waals surface area contributed by atoms with E-state index in [1.807, 2.05) is 24.3 Å². The van der Waals surface area contributed by atoms with Gasteiger partial charge in [0.2, 0.25) is 0 Å². The number of rotatable bonds is 20. The second-order valence-corrected chi connectivity index (χ2v) is 9.61. The zero-order valence-electron chi connectivity index (χ0n) is 24.7. The Morgan fingerprint density at radius 3 is 1.26 bits per heavy atom. The van der Waals surface area contributed by atoms with Gasteiger partial charge in [0.05, 0.1) is 34.4 Å². The highest BCUT2D eigenvalue weighted by Crippen LogP contribution is 2.12. The summed E-state index contributed by atoms with van der Waals surface area (Å²) >= 11 is 0. The van der Waals surface area contributed by atoms with E-state index in [-0.39, 0.29) is 30.8 Å². The Morgan fingerprint density at radius 2 is 0.884 bits per heavy atom. The molecule has 0 aliphatic carbocycles. The topological polar surface area (TPSA) is 142 Å². The highest BCUT2D eigenvalue weighted by atomic mass is 17.5. The molecule has 0 amide bonds. The molecule has 0 N–H and O–H groups in total. The summed E-state index contributed by atoms with van der Waals surface area (Å²) in [4.78, 5) is 64.2. The SMILES string of the molecule is CCCCCCc1ccc(C(=O)OOOC(=O)OCCCOC(=O)OOOC(=O)c2ccc(CCCCCC)cc2)cc1. The lowest BCUT2D eigenvalue weighted by Gasteiger charge is -2.06. The Labute approximate surface area is 251 Å². The van der Waals surface area contributed by atoms with Gasteiger partial charge in [0, 0.05) is 6.42 Å². The standard InChI is InChI=1S/C31H40O12/c1-3-5-7-9-12-24-14-18-26(19-15-24)28(32)38-42-40-30(34)36-22-11-23-37-31(35)41-43-39-29(33)27-20-16-25(17-21-27)13-10-8-6-4-2/h14-21H,3-13,22-23H2,1-2H3. The molecule has 0 atom stereocenters. The van der Waals surface area contributed by atoms with E-state index in [1.165, 1.54) is 12.8 Å². The molecule has 0 spiro atoms. The molecule has 0 heterocycles. The maximum absolute atomic E-state index is 12.0. The predicted molar refractivity (Wildman–Crippen MR) is 151 cm³/mol. The van der Waals surface area contributed by atoms with Crippen molar-refractivity contribution in [1.82, 2.24) is 0 Å². The van der Waals surface area contributed by atoms with Crippen LogP contribution in [-0.4, -0.2) is 37.5 Å². The lowest BCUT2D eigenvalue weighted by Crippen LogP contribution is -2.15. The van der Waals surface area contributed by atoms with Gasteiger partial charge in [-0.3, -0.25) is 9.78 Å². The maximum atomic E-state index is 12.0. The Morgan fingerprint density at radius 1 is 0.488 bits per heavy atom. The van der Waals surface area contributed by atoms with Crippen molar-refractivity contribution in [3.05, 3.63) is 70.8 Å². The van der Waals surface area contributed by atoms with Crippen LogP contribution in [-0.2, 0) is 51.9 Å². The number of unbranched alkanes of at least 4 members (excludes halogenated alkanes) is 6. The Balaban J connectivity index is 1.48. The van der Waals surface area contributed by atoms with Gasteiger partial charge < -0.3 is 9.47 Å². The number of carbonyl (C=O) groups excluding carboxylic acids is 4. The molecule has 12 heteroatoms. The molecule has 12 nitrogen and oxygen atoms in total. The molecule has 0 saturated heterocycles. The van der Waals surface area contributed by atoms with E-state index < -0.39 is 24.2 Å². The molecule has 2 rings (SSSR count). The summed E-state index contributed by atoms with van der Waals surface area (Å²) in [6, 6.07) is 13.7. The number of benzene rings is 2. The Kier molecular flexibility index (Phi) is 17.5. The van der Waals surface area contributed by atoms with Crippen LogP contribution in [0.1, 0.15) is 103 Å². The monoisotopic (exact) mass is 604 g/mol. The van der Waals surface area contributed by atoms with Crippen LogP contribution in [0.3, 0.4) is 0 Å². The Hall–Kier alpha value is -4.16. The fraction of sp³-hybridized carbons (Fsp3) is 0.484. The van der Waals surface area contributed by atoms with Crippen LogP contribution in [0.15, 0.2) is 48.5 Å². The summed E-state index contributed by atoms with van der Waals surface area (Å²) in [7, 11) is 0. The van der Waals surface area contributed by atoms with E-state index in [9.17, 15) is 19.2 Å². The minimum Gasteiger partial charge on any atom is -0.432 e. The highest BCUT2D eigenvalue weighted by molar-refractivity contribution is 5.89. The maximum Gasteiger partial charge on any atom is 0.543 e. The van der Waals surface area contributed by atoms with Crippen LogP contribution in [0.25, 0.3) is 0 Å². The summed E-state index contributed by atoms with van der Waals surface area (Å²) in [5, 5.41) is 8.33. The fourth-order valence-corrected chi connectivity index (χ4v) is 3.79. The van der Waals surface area contributed by atoms with E-state index >= 15 is 0 Å². The normalized spacial score (nSPS) is 10.5. The van der Waals surface area contributed by atoms with E-state index in [2.05, 4.69) is 52.9 Å². The van der Waals surface area contributed by atoms with Gasteiger partial charge in [-0.2, -0.15) is 0 Å². The zero-order chi connectivity index (χ0) is 31.1. The van der Waals surface area contributed by atoms with Crippen LogP contribution in [0.2, 0.25) is 0 Å². The van der Waals surface area contributed by atoms with Gasteiger partial charge in [-0.05, 0) is 61.1 Å². The van der Waals surface area contributed by atoms with Crippen LogP contribution in [0, 0.1) is 0 Å². The van der Waals surface area contributed by atoms with Gasteiger partial charge in [0.15, 0.2) is 0 Å². The highest BCUT2D eigenvalue weighted by Gasteiger charge is 2.14. The average molecular weight is 605 g/mol. The summed E-state index contributed by atoms with van der Waals surface area (Å²) in [5.41, 5.74) is 2.65. The fourth-order valence-electron chi connectivity index (χ4n) is 3.79. The van der Waals surface area contributed by atoms with Crippen molar-refractivity contribution >= 4 is 24.2 Å². The third-order valence-corrected chi connectivity index (χ3v) is 6.17. The van der Waals surface area contributed by atoms with Crippen molar-refractivity contribution in [2.45, 2.75) is 84.5 Å². The summed E-state index contributed by atoms with van der Waals surface area (Å²) in [5.74, 6) is -1.70. The summed E-state index contributed by atoms with van der Waals surface area (Å²) in [6.07, 6.45) is 8.52. The molecule has 0 radical (unpaired) electrons. The molecule has 0 aliphatic rings. The first kappa shape index (κ1) is 35.0. The quantitative estimate of drug-likeness (QED) is 0.0646. The summed E-state index contributed by atoms with van der Waals surface area (Å²) in [6.45, 7) is 3.85. The van der Waals surface area contributed by atoms with E-state index in [0.717, 1.165) is 62.5 Å². The number of hydrogen-bond acceptors (Lipinski definition) is 12. The molecule has 0 aromatic heterocycles. The molecule has 0 aliphatic heterocycles. The van der Waals surface area contributed by atoms with Gasteiger partial charge in [-0.1, -0.05) is 76.6 Å². The zero-order valence-corrected chi connectivity index (χ0v) is 24.7. The van der Waals surface area contributed by atoms with Gasteiger partial charge in [-0.25, -0.2) is 29.0 Å². The second kappa shape index (κ2) is 21.5. The third-order valence-electron chi connectivity index (χ3n) is 6.17. The van der Waals surface area contributed by atoms with Gasteiger partial charge in [0.25, 0.3) is 0 Å². The summed E-state index contributed by atoms with van der Waals surface area (Å²) < 4.78 is 9.35. The molecule has 0 unspecified atom stereocenters. The molecular formula is C31H40O12. The number of ether oxygens (including phenoxy) is 2. The number of carbonyl (C=O) groups is 4. The smallest absolute Gasteiger partial charge is 0.432 e. The first-order valence-electron chi connectivity index (χ1n) is 14.5. The average Bonchev–Trinajstić information content (AvgIpc) is 3.01. The lowest BCUT2D eigenvalue weighted by atomic mass is 10.0. The first-order valence-corrected chi connectivity index (χ1v) is 14.5. The number of aryl methyl sites for hydroxylation is 2. The van der Waals surface area contributed by atoms with Gasteiger partial charge in [0.1, 0.15) is 0 Å². The van der Waals surface area contributed by atoms with Gasteiger partial charge in [-0.15, -0.1) is 0 Å². The molecule has 0 fully saturated rings. The van der Waals surface area contributed by atoms with Crippen molar-refractivity contribution in [3.63, 3.8) is 0 Å². The Bertz CT molecular complexity index is 1010. The van der Waals surface area contributed by atoms with Crippen molar-refractivity contribution in [2.24, 2.45) is 0 Å². The van der Waals surface area contributed by atoms with E-state index in [0.29, 0.717) is 0 Å². The minimum absolute atomic E-state index is 0.0549. The predicted octanol–water partition coefficient (Wildman–Crippen LogP) is 7.34. The molecule has 0 bridgehead atoms. The molecule has 43 heavy (non-hydrogen) atoms. The van der Waals surface area contributed by atoms with Crippen molar-refractivity contribution in [1.29, 1.82) is 0 Å². The lowest BCUT2D eigenvalue weighted by molar-refractivity contribution is -0.452. The van der Waals surface area contributed by atoms with E-state index in [1.54, 1.807) is 24.3 Å². The van der Waals surface area contributed by atoms with Crippen molar-refractivity contribution < 1.29 is 58.3 Å². The van der Waals surface area contributed by atoms with Crippen LogP contribution < -0.4 is 0 Å². The first-order chi connectivity index (χ1) is 20.9. The van der Waals surface area contributed by atoms with Crippen LogP contribution in [0.5, 0.6) is 0 Å².